The molecule has 0 aliphatic carbocycles. The molecule has 0 aliphatic rings. The van der Waals surface area contributed by atoms with Crippen LogP contribution in [0, 0.1) is 0 Å². The zero-order chi connectivity index (χ0) is 19.4. The highest BCUT2D eigenvalue weighted by Gasteiger charge is 2.10. The van der Waals surface area contributed by atoms with E-state index in [1.165, 1.54) is 10.9 Å². The summed E-state index contributed by atoms with van der Waals surface area (Å²) in [6, 6.07) is 9.94. The first-order chi connectivity index (χ1) is 13.0. The number of hydrogen-bond acceptors (Lipinski definition) is 4. The van der Waals surface area contributed by atoms with E-state index in [2.05, 4.69) is 10.3 Å². The molecule has 1 heterocycles. The maximum atomic E-state index is 12.7. The molecule has 3 rings (SSSR count). The van der Waals surface area contributed by atoms with Gasteiger partial charge in [0.25, 0.3) is 11.5 Å². The number of nitrogens with zero attached hydrogens (tertiary/aromatic N) is 2. The average molecular weight is 406 g/mol. The predicted octanol–water partition coefficient (Wildman–Crippen LogP) is 2.86. The first kappa shape index (κ1) is 19.4. The molecule has 2 N–H and O–H groups in total. The number of hydrogen-bond donors (Lipinski definition) is 2. The van der Waals surface area contributed by atoms with Crippen molar-refractivity contribution in [2.45, 2.75) is 13.0 Å². The molecule has 27 heavy (non-hydrogen) atoms. The summed E-state index contributed by atoms with van der Waals surface area (Å²) in [5.74, 6) is -0.271. The molecule has 0 saturated carbocycles. The van der Waals surface area contributed by atoms with E-state index in [0.717, 1.165) is 5.56 Å². The van der Waals surface area contributed by atoms with Gasteiger partial charge in [0.1, 0.15) is 0 Å². The fraction of sp³-hybridized carbons (Fsp3) is 0.211. The van der Waals surface area contributed by atoms with E-state index in [9.17, 15) is 9.59 Å². The fourth-order valence-corrected chi connectivity index (χ4v) is 2.95. The Balaban J connectivity index is 1.86. The number of carbonyl (C=O) groups is 1. The van der Waals surface area contributed by atoms with E-state index in [0.29, 0.717) is 46.0 Å². The highest BCUT2D eigenvalue weighted by molar-refractivity contribution is 6.42. The number of aliphatic hydroxyl groups is 1. The van der Waals surface area contributed by atoms with Crippen molar-refractivity contribution in [3.05, 3.63) is 74.3 Å². The van der Waals surface area contributed by atoms with Gasteiger partial charge in [-0.25, -0.2) is 4.98 Å². The summed E-state index contributed by atoms with van der Waals surface area (Å²) >= 11 is 11.9. The normalized spacial score (nSPS) is 10.9. The van der Waals surface area contributed by atoms with Crippen LogP contribution in [-0.4, -0.2) is 33.7 Å². The van der Waals surface area contributed by atoms with E-state index in [1.54, 1.807) is 36.4 Å². The predicted molar refractivity (Wildman–Crippen MR) is 106 cm³/mol. The fourth-order valence-electron chi connectivity index (χ4n) is 2.63. The molecule has 0 atom stereocenters. The Morgan fingerprint density at radius 1 is 1.15 bits per heavy atom. The van der Waals surface area contributed by atoms with Crippen molar-refractivity contribution in [2.24, 2.45) is 0 Å². The van der Waals surface area contributed by atoms with Crippen molar-refractivity contribution in [3.63, 3.8) is 0 Å². The second kappa shape index (κ2) is 8.52. The summed E-state index contributed by atoms with van der Waals surface area (Å²) in [5.41, 5.74) is 1.47. The lowest BCUT2D eigenvalue weighted by molar-refractivity contribution is 0.0951. The van der Waals surface area contributed by atoms with Gasteiger partial charge >= 0.3 is 0 Å². The summed E-state index contributed by atoms with van der Waals surface area (Å²) in [6.07, 6.45) is 1.93. The van der Waals surface area contributed by atoms with E-state index >= 15 is 0 Å². The van der Waals surface area contributed by atoms with Gasteiger partial charge in [0.2, 0.25) is 0 Å². The van der Waals surface area contributed by atoms with Crippen LogP contribution < -0.4 is 10.9 Å². The monoisotopic (exact) mass is 405 g/mol. The van der Waals surface area contributed by atoms with Crippen molar-refractivity contribution >= 4 is 40.0 Å². The second-order valence-corrected chi connectivity index (χ2v) is 6.81. The molecular formula is C19H17Cl2N3O3. The van der Waals surface area contributed by atoms with Gasteiger partial charge in [-0.1, -0.05) is 29.3 Å². The molecular weight excluding hydrogens is 389 g/mol. The molecule has 0 spiro atoms. The first-order valence-electron chi connectivity index (χ1n) is 8.32. The minimum absolute atomic E-state index is 0.0118. The summed E-state index contributed by atoms with van der Waals surface area (Å²) < 4.78 is 1.48. The third-order valence-corrected chi connectivity index (χ3v) is 4.78. The number of nitrogens with one attached hydrogen (secondary N) is 1. The molecule has 0 fully saturated rings. The molecule has 2 aromatic carbocycles. The van der Waals surface area contributed by atoms with E-state index in [-0.39, 0.29) is 18.1 Å². The number of carbonyl (C=O) groups excluding carboxylic acids is 1. The Hall–Kier alpha value is -2.41. The molecule has 0 aliphatic heterocycles. The van der Waals surface area contributed by atoms with Crippen LogP contribution in [0.5, 0.6) is 0 Å². The molecule has 0 bridgehead atoms. The van der Waals surface area contributed by atoms with Gasteiger partial charge in [0.05, 0.1) is 33.8 Å². The van der Waals surface area contributed by atoms with Crippen LogP contribution in [0.1, 0.15) is 22.3 Å². The largest absolute Gasteiger partial charge is 0.396 e. The Labute approximate surface area is 165 Å². The number of aliphatic hydroxyl groups excluding tert-OH is 1. The number of aromatic nitrogens is 2. The number of fused-ring (bicyclic) bond motifs is 1. The van der Waals surface area contributed by atoms with Gasteiger partial charge < -0.3 is 10.4 Å². The topological polar surface area (TPSA) is 84.2 Å². The molecule has 1 amide bonds. The summed E-state index contributed by atoms with van der Waals surface area (Å²) in [4.78, 5) is 29.1. The lowest BCUT2D eigenvalue weighted by atomic mass is 10.1. The van der Waals surface area contributed by atoms with Crippen LogP contribution in [0.3, 0.4) is 0 Å². The highest BCUT2D eigenvalue weighted by atomic mass is 35.5. The second-order valence-electron chi connectivity index (χ2n) is 5.99. The lowest BCUT2D eigenvalue weighted by Crippen LogP contribution is -2.25. The SMILES string of the molecule is O=C(NCCCO)c1ccc2c(=O)n(Cc3ccc(Cl)c(Cl)c3)cnc2c1. The molecule has 8 heteroatoms. The Kier molecular flexibility index (Phi) is 6.11. The number of amides is 1. The number of benzene rings is 2. The van der Waals surface area contributed by atoms with E-state index < -0.39 is 0 Å². The van der Waals surface area contributed by atoms with Crippen LogP contribution in [0.25, 0.3) is 10.9 Å². The number of rotatable bonds is 6. The maximum absolute atomic E-state index is 12.7. The van der Waals surface area contributed by atoms with Gasteiger partial charge in [-0.05, 0) is 42.3 Å². The third kappa shape index (κ3) is 4.47. The van der Waals surface area contributed by atoms with Crippen molar-refractivity contribution in [2.75, 3.05) is 13.2 Å². The minimum atomic E-state index is -0.271. The molecule has 0 unspecified atom stereocenters. The molecule has 3 aromatic rings. The quantitative estimate of drug-likeness (QED) is 0.617. The molecule has 1 aromatic heterocycles. The van der Waals surface area contributed by atoms with Gasteiger partial charge in [0, 0.05) is 18.7 Å². The van der Waals surface area contributed by atoms with Crippen LogP contribution in [0.2, 0.25) is 10.0 Å². The zero-order valence-corrected chi connectivity index (χ0v) is 15.8. The smallest absolute Gasteiger partial charge is 0.261 e. The van der Waals surface area contributed by atoms with Gasteiger partial charge in [-0.15, -0.1) is 0 Å². The molecule has 140 valence electrons. The molecule has 6 nitrogen and oxygen atoms in total. The van der Waals surface area contributed by atoms with Gasteiger partial charge in [-0.3, -0.25) is 14.2 Å². The van der Waals surface area contributed by atoms with E-state index in [4.69, 9.17) is 28.3 Å². The van der Waals surface area contributed by atoms with Crippen molar-refractivity contribution in [1.82, 2.24) is 14.9 Å². The van der Waals surface area contributed by atoms with Crippen molar-refractivity contribution < 1.29 is 9.90 Å². The van der Waals surface area contributed by atoms with Gasteiger partial charge in [0.15, 0.2) is 0 Å². The summed E-state index contributed by atoms with van der Waals surface area (Å²) in [6.45, 7) is 0.700. The van der Waals surface area contributed by atoms with Crippen molar-refractivity contribution in [1.29, 1.82) is 0 Å². The van der Waals surface area contributed by atoms with Crippen LogP contribution in [0.4, 0.5) is 0 Å². The van der Waals surface area contributed by atoms with Crippen LogP contribution >= 0.6 is 23.2 Å². The summed E-state index contributed by atoms with van der Waals surface area (Å²) in [7, 11) is 0. The van der Waals surface area contributed by atoms with E-state index in [1.807, 2.05) is 0 Å². The lowest BCUT2D eigenvalue weighted by Gasteiger charge is -2.09. The highest BCUT2D eigenvalue weighted by Crippen LogP contribution is 2.23. The Morgan fingerprint density at radius 2 is 1.96 bits per heavy atom. The Morgan fingerprint density at radius 3 is 2.70 bits per heavy atom. The Bertz CT molecular complexity index is 1050. The number of halogens is 2. The van der Waals surface area contributed by atoms with Crippen LogP contribution in [0.15, 0.2) is 47.5 Å². The zero-order valence-electron chi connectivity index (χ0n) is 14.3. The van der Waals surface area contributed by atoms with Crippen LogP contribution in [-0.2, 0) is 6.54 Å². The third-order valence-electron chi connectivity index (χ3n) is 4.04. The maximum Gasteiger partial charge on any atom is 0.261 e. The van der Waals surface area contributed by atoms with Gasteiger partial charge in [-0.2, -0.15) is 0 Å². The van der Waals surface area contributed by atoms with Crippen molar-refractivity contribution in [3.8, 4) is 0 Å². The standard InChI is InChI=1S/C19H17Cl2N3O3/c20-15-5-2-12(8-16(15)21)10-24-11-23-17-9-13(3-4-14(17)19(24)27)18(26)22-6-1-7-25/h2-5,8-9,11,25H,1,6-7,10H2,(H,22,26). The molecule has 0 radical (unpaired) electrons. The summed E-state index contributed by atoms with van der Waals surface area (Å²) in [5, 5.41) is 12.8. The minimum Gasteiger partial charge on any atom is -0.396 e. The first-order valence-corrected chi connectivity index (χ1v) is 9.07. The average Bonchev–Trinajstić information content (AvgIpc) is 2.67. The molecule has 0 saturated heterocycles.